The number of furan rings is 1. The van der Waals surface area contributed by atoms with Crippen molar-refractivity contribution >= 4 is 17.8 Å². The number of hydrogen-bond acceptors (Lipinski definition) is 5. The average molecular weight is 390 g/mol. The lowest BCUT2D eigenvalue weighted by atomic mass is 9.79. The van der Waals surface area contributed by atoms with Gasteiger partial charge in [0.1, 0.15) is 11.8 Å². The molecule has 4 amide bonds. The quantitative estimate of drug-likeness (QED) is 0.644. The Balaban J connectivity index is 1.49. The highest BCUT2D eigenvalue weighted by Gasteiger charge is 2.40. The number of carbonyl (C=O) groups excluding carboxylic acids is 3. The minimum atomic E-state index is -0.672. The summed E-state index contributed by atoms with van der Waals surface area (Å²) in [7, 11) is 0. The Morgan fingerprint density at radius 2 is 1.93 bits per heavy atom. The number of hydrogen-bond donors (Lipinski definition) is 3. The van der Waals surface area contributed by atoms with Gasteiger partial charge in [0.15, 0.2) is 0 Å². The van der Waals surface area contributed by atoms with E-state index >= 15 is 0 Å². The lowest BCUT2D eigenvalue weighted by Crippen LogP contribution is -2.62. The van der Waals surface area contributed by atoms with Crippen LogP contribution in [0, 0.1) is 0 Å². The Kier molecular flexibility index (Phi) is 5.52. The van der Waals surface area contributed by atoms with Gasteiger partial charge in [-0.15, -0.1) is 0 Å². The van der Waals surface area contributed by atoms with Gasteiger partial charge in [-0.2, -0.15) is 0 Å². The Morgan fingerprint density at radius 1 is 1.25 bits per heavy atom. The Bertz CT molecular complexity index is 725. The maximum atomic E-state index is 12.5. The van der Waals surface area contributed by atoms with E-state index in [0.29, 0.717) is 5.76 Å². The first-order valence-electron chi connectivity index (χ1n) is 9.78. The molecule has 1 aromatic heterocycles. The third-order valence-corrected chi connectivity index (χ3v) is 5.22. The van der Waals surface area contributed by atoms with E-state index in [0.717, 1.165) is 17.7 Å². The van der Waals surface area contributed by atoms with Gasteiger partial charge in [0.05, 0.1) is 12.8 Å². The third kappa shape index (κ3) is 4.92. The van der Waals surface area contributed by atoms with E-state index < -0.39 is 12.1 Å². The van der Waals surface area contributed by atoms with E-state index in [4.69, 9.17) is 4.42 Å². The van der Waals surface area contributed by atoms with Crippen molar-refractivity contribution in [3.63, 3.8) is 0 Å². The van der Waals surface area contributed by atoms with Crippen LogP contribution in [0.15, 0.2) is 22.8 Å². The standard InChI is InChI=1S/C20H30N4O4/c1-19(2)10-13(11-20(3,4)23-19)21-16(25)8-7-15-17(26)24(18(27)22-15)12-14-6-5-9-28-14/h5-6,9,13,15,23H,7-8,10-12H2,1-4H3,(H,21,25)(H,22,27)/t15-/m0/s1. The molecule has 0 radical (unpaired) electrons. The van der Waals surface area contributed by atoms with Crippen molar-refractivity contribution in [1.29, 1.82) is 0 Å². The zero-order valence-electron chi connectivity index (χ0n) is 17.0. The second-order valence-electron chi connectivity index (χ2n) is 9.11. The Labute approximate surface area is 165 Å². The number of amides is 4. The molecule has 1 atom stereocenters. The summed E-state index contributed by atoms with van der Waals surface area (Å²) in [5.41, 5.74) is -0.108. The van der Waals surface area contributed by atoms with Crippen molar-refractivity contribution in [2.24, 2.45) is 0 Å². The van der Waals surface area contributed by atoms with Gasteiger partial charge in [-0.3, -0.25) is 14.5 Å². The van der Waals surface area contributed by atoms with Gasteiger partial charge < -0.3 is 20.4 Å². The first kappa shape index (κ1) is 20.4. The van der Waals surface area contributed by atoms with Crippen LogP contribution < -0.4 is 16.0 Å². The molecular weight excluding hydrogens is 360 g/mol. The largest absolute Gasteiger partial charge is 0.467 e. The maximum absolute atomic E-state index is 12.5. The topological polar surface area (TPSA) is 104 Å². The molecule has 0 saturated carbocycles. The summed E-state index contributed by atoms with van der Waals surface area (Å²) < 4.78 is 5.20. The molecule has 154 valence electrons. The molecule has 2 fully saturated rings. The van der Waals surface area contributed by atoms with Gasteiger partial charge in [0, 0.05) is 23.5 Å². The highest BCUT2D eigenvalue weighted by atomic mass is 16.3. The zero-order chi connectivity index (χ0) is 20.5. The molecule has 0 aromatic carbocycles. The molecule has 2 aliphatic rings. The lowest BCUT2D eigenvalue weighted by Gasteiger charge is -2.46. The normalized spacial score (nSPS) is 24.3. The molecule has 2 aliphatic heterocycles. The van der Waals surface area contributed by atoms with E-state index in [1.807, 2.05) is 0 Å². The van der Waals surface area contributed by atoms with Gasteiger partial charge in [-0.05, 0) is 59.1 Å². The van der Waals surface area contributed by atoms with Gasteiger partial charge in [-0.1, -0.05) is 0 Å². The van der Waals surface area contributed by atoms with Gasteiger partial charge in [0.25, 0.3) is 5.91 Å². The minimum Gasteiger partial charge on any atom is -0.467 e. The Hall–Kier alpha value is -2.35. The maximum Gasteiger partial charge on any atom is 0.325 e. The SMILES string of the molecule is CC1(C)CC(NC(=O)CC[C@@H]2NC(=O)N(Cc3ccco3)C2=O)CC(C)(C)N1. The highest BCUT2D eigenvalue weighted by molar-refractivity contribution is 6.04. The monoisotopic (exact) mass is 390 g/mol. The van der Waals surface area contributed by atoms with Crippen molar-refractivity contribution in [2.45, 2.75) is 83.1 Å². The number of urea groups is 1. The molecule has 0 unspecified atom stereocenters. The van der Waals surface area contributed by atoms with Crippen LogP contribution in [0.1, 0.15) is 59.1 Å². The number of piperidine rings is 1. The highest BCUT2D eigenvalue weighted by Crippen LogP contribution is 2.28. The fourth-order valence-electron chi connectivity index (χ4n) is 4.48. The predicted octanol–water partition coefficient (Wildman–Crippen LogP) is 1.91. The molecule has 3 N–H and O–H groups in total. The third-order valence-electron chi connectivity index (χ3n) is 5.22. The zero-order valence-corrected chi connectivity index (χ0v) is 17.0. The van der Waals surface area contributed by atoms with Crippen LogP contribution in [0.5, 0.6) is 0 Å². The molecule has 1 aromatic rings. The van der Waals surface area contributed by atoms with Crippen LogP contribution in [0.4, 0.5) is 4.79 Å². The summed E-state index contributed by atoms with van der Waals surface area (Å²) in [5.74, 6) is 0.126. The summed E-state index contributed by atoms with van der Waals surface area (Å²) in [4.78, 5) is 38.1. The van der Waals surface area contributed by atoms with E-state index in [2.05, 4.69) is 43.6 Å². The summed E-state index contributed by atoms with van der Waals surface area (Å²) in [5, 5.41) is 9.34. The fraction of sp³-hybridized carbons (Fsp3) is 0.650. The number of carbonyl (C=O) groups is 3. The molecule has 0 aliphatic carbocycles. The smallest absolute Gasteiger partial charge is 0.325 e. The first-order chi connectivity index (χ1) is 13.0. The molecule has 8 heteroatoms. The van der Waals surface area contributed by atoms with E-state index in [1.54, 1.807) is 12.1 Å². The van der Waals surface area contributed by atoms with Crippen molar-refractivity contribution < 1.29 is 18.8 Å². The summed E-state index contributed by atoms with van der Waals surface area (Å²) >= 11 is 0. The number of nitrogens with zero attached hydrogens (tertiary/aromatic N) is 1. The number of nitrogens with one attached hydrogen (secondary N) is 3. The van der Waals surface area contributed by atoms with E-state index in [1.165, 1.54) is 6.26 Å². The molecule has 0 bridgehead atoms. The van der Waals surface area contributed by atoms with Crippen LogP contribution in [0.3, 0.4) is 0 Å². The van der Waals surface area contributed by atoms with Crippen LogP contribution in [0.25, 0.3) is 0 Å². The number of imide groups is 1. The molecule has 0 spiro atoms. The summed E-state index contributed by atoms with van der Waals surface area (Å²) in [6.45, 7) is 8.63. The van der Waals surface area contributed by atoms with Crippen molar-refractivity contribution in [2.75, 3.05) is 0 Å². The molecule has 3 rings (SSSR count). The Morgan fingerprint density at radius 3 is 2.54 bits per heavy atom. The number of rotatable bonds is 6. The summed E-state index contributed by atoms with van der Waals surface area (Å²) in [6, 6.07) is 2.38. The first-order valence-corrected chi connectivity index (χ1v) is 9.78. The molecule has 3 heterocycles. The second-order valence-corrected chi connectivity index (χ2v) is 9.11. The minimum absolute atomic E-state index is 0.0541. The van der Waals surface area contributed by atoms with Crippen molar-refractivity contribution in [3.8, 4) is 0 Å². The molecule has 28 heavy (non-hydrogen) atoms. The molecule has 8 nitrogen and oxygen atoms in total. The van der Waals surface area contributed by atoms with E-state index in [-0.39, 0.29) is 48.3 Å². The van der Waals surface area contributed by atoms with Gasteiger partial charge in [0.2, 0.25) is 5.91 Å². The molecular formula is C20H30N4O4. The van der Waals surface area contributed by atoms with Crippen LogP contribution in [0.2, 0.25) is 0 Å². The second kappa shape index (κ2) is 7.58. The van der Waals surface area contributed by atoms with E-state index in [9.17, 15) is 14.4 Å². The lowest BCUT2D eigenvalue weighted by molar-refractivity contribution is -0.128. The average Bonchev–Trinajstić information content (AvgIpc) is 3.14. The van der Waals surface area contributed by atoms with Crippen LogP contribution in [-0.4, -0.2) is 45.9 Å². The van der Waals surface area contributed by atoms with Crippen LogP contribution >= 0.6 is 0 Å². The van der Waals surface area contributed by atoms with Crippen molar-refractivity contribution in [1.82, 2.24) is 20.9 Å². The fourth-order valence-corrected chi connectivity index (χ4v) is 4.48. The van der Waals surface area contributed by atoms with Crippen molar-refractivity contribution in [3.05, 3.63) is 24.2 Å². The summed E-state index contributed by atoms with van der Waals surface area (Å²) in [6.07, 6.45) is 3.66. The predicted molar refractivity (Wildman–Crippen MR) is 103 cm³/mol. The van der Waals surface area contributed by atoms with Crippen LogP contribution in [-0.2, 0) is 16.1 Å². The van der Waals surface area contributed by atoms with Gasteiger partial charge in [-0.25, -0.2) is 4.79 Å². The van der Waals surface area contributed by atoms with Gasteiger partial charge >= 0.3 is 6.03 Å². The molecule has 2 saturated heterocycles.